The van der Waals surface area contributed by atoms with Gasteiger partial charge in [0, 0.05) is 25.0 Å². The number of aromatic nitrogens is 1. The fourth-order valence-corrected chi connectivity index (χ4v) is 1.87. The molecule has 0 unspecified atom stereocenters. The van der Waals surface area contributed by atoms with E-state index in [1.54, 1.807) is 31.4 Å². The average molecular weight is 306 g/mol. The molecule has 2 rings (SSSR count). The number of nitrogens with one attached hydrogen (secondary N) is 1. The molecule has 0 saturated carbocycles. The minimum atomic E-state index is -0.165. The standard InChI is InChI=1S/C15H18N2O5/c1-19-10-4-6-13(20-2)12(8-10)16-14(18)7-5-11-9-15(21-3)17-22-11/h4,6,8-9H,5,7H2,1-3H3,(H,16,18). The zero-order valence-corrected chi connectivity index (χ0v) is 12.7. The van der Waals surface area contributed by atoms with E-state index in [4.69, 9.17) is 18.7 Å². The molecular formula is C15H18N2O5. The highest BCUT2D eigenvalue weighted by molar-refractivity contribution is 5.92. The van der Waals surface area contributed by atoms with Crippen molar-refractivity contribution in [3.05, 3.63) is 30.0 Å². The van der Waals surface area contributed by atoms with Gasteiger partial charge in [0.2, 0.25) is 5.91 Å². The van der Waals surface area contributed by atoms with Gasteiger partial charge in [-0.3, -0.25) is 4.79 Å². The number of benzene rings is 1. The van der Waals surface area contributed by atoms with Crippen molar-refractivity contribution in [2.24, 2.45) is 0 Å². The highest BCUT2D eigenvalue weighted by Gasteiger charge is 2.11. The van der Waals surface area contributed by atoms with Gasteiger partial charge in [0.1, 0.15) is 17.3 Å². The predicted octanol–water partition coefficient (Wildman–Crippen LogP) is 2.27. The summed E-state index contributed by atoms with van der Waals surface area (Å²) in [6.45, 7) is 0. The van der Waals surface area contributed by atoms with Gasteiger partial charge in [-0.15, -0.1) is 0 Å². The fraction of sp³-hybridized carbons (Fsp3) is 0.333. The molecule has 1 aromatic carbocycles. The van der Waals surface area contributed by atoms with Crippen LogP contribution in [0.1, 0.15) is 12.2 Å². The van der Waals surface area contributed by atoms with Crippen molar-refractivity contribution >= 4 is 11.6 Å². The number of nitrogens with zero attached hydrogens (tertiary/aromatic N) is 1. The second-order valence-corrected chi connectivity index (χ2v) is 4.45. The van der Waals surface area contributed by atoms with Crippen LogP contribution in [0, 0.1) is 0 Å². The first-order valence-electron chi connectivity index (χ1n) is 6.67. The number of aryl methyl sites for hydroxylation is 1. The largest absolute Gasteiger partial charge is 0.497 e. The summed E-state index contributed by atoms with van der Waals surface area (Å²) >= 11 is 0. The maximum Gasteiger partial charge on any atom is 0.254 e. The number of carbonyl (C=O) groups is 1. The van der Waals surface area contributed by atoms with Gasteiger partial charge in [-0.1, -0.05) is 0 Å². The van der Waals surface area contributed by atoms with Crippen LogP contribution in [0.5, 0.6) is 17.4 Å². The number of carbonyl (C=O) groups excluding carboxylic acids is 1. The normalized spacial score (nSPS) is 10.1. The molecule has 0 aliphatic rings. The molecule has 1 amide bonds. The van der Waals surface area contributed by atoms with E-state index in [2.05, 4.69) is 10.5 Å². The summed E-state index contributed by atoms with van der Waals surface area (Å²) in [6.07, 6.45) is 0.674. The third-order valence-corrected chi connectivity index (χ3v) is 3.03. The van der Waals surface area contributed by atoms with Gasteiger partial charge >= 0.3 is 0 Å². The molecule has 118 valence electrons. The van der Waals surface area contributed by atoms with Gasteiger partial charge in [-0.2, -0.15) is 0 Å². The summed E-state index contributed by atoms with van der Waals surface area (Å²) in [5.74, 6) is 2.02. The van der Waals surface area contributed by atoms with Gasteiger partial charge < -0.3 is 24.1 Å². The zero-order chi connectivity index (χ0) is 15.9. The molecule has 0 aliphatic heterocycles. The number of amides is 1. The summed E-state index contributed by atoms with van der Waals surface area (Å²) in [4.78, 5) is 12.0. The second kappa shape index (κ2) is 7.35. The van der Waals surface area contributed by atoms with E-state index in [-0.39, 0.29) is 12.3 Å². The molecule has 1 N–H and O–H groups in total. The lowest BCUT2D eigenvalue weighted by atomic mass is 10.2. The molecule has 22 heavy (non-hydrogen) atoms. The zero-order valence-electron chi connectivity index (χ0n) is 12.7. The molecule has 7 heteroatoms. The third kappa shape index (κ3) is 3.91. The Labute approximate surface area is 128 Å². The van der Waals surface area contributed by atoms with E-state index in [0.717, 1.165) is 0 Å². The van der Waals surface area contributed by atoms with E-state index < -0.39 is 0 Å². The lowest BCUT2D eigenvalue weighted by molar-refractivity contribution is -0.116. The minimum absolute atomic E-state index is 0.165. The first-order chi connectivity index (χ1) is 10.7. The lowest BCUT2D eigenvalue weighted by Gasteiger charge is -2.11. The van der Waals surface area contributed by atoms with Crippen molar-refractivity contribution in [1.29, 1.82) is 0 Å². The fourth-order valence-electron chi connectivity index (χ4n) is 1.87. The molecule has 0 saturated heterocycles. The third-order valence-electron chi connectivity index (χ3n) is 3.03. The molecule has 0 spiro atoms. The Morgan fingerprint density at radius 1 is 1.18 bits per heavy atom. The molecule has 0 fully saturated rings. The summed E-state index contributed by atoms with van der Waals surface area (Å²) in [7, 11) is 4.60. The van der Waals surface area contributed by atoms with Gasteiger partial charge in [0.25, 0.3) is 5.88 Å². The predicted molar refractivity (Wildman–Crippen MR) is 79.6 cm³/mol. The topological polar surface area (TPSA) is 82.8 Å². The Balaban J connectivity index is 1.96. The molecule has 2 aromatic rings. The number of hydrogen-bond donors (Lipinski definition) is 1. The SMILES string of the molecule is COc1ccc(OC)c(NC(=O)CCc2cc(OC)no2)c1. The van der Waals surface area contributed by atoms with E-state index in [1.807, 2.05) is 0 Å². The Morgan fingerprint density at radius 3 is 2.64 bits per heavy atom. The molecule has 1 aromatic heterocycles. The highest BCUT2D eigenvalue weighted by atomic mass is 16.5. The number of methoxy groups -OCH3 is 3. The first-order valence-corrected chi connectivity index (χ1v) is 6.67. The van der Waals surface area contributed by atoms with E-state index in [9.17, 15) is 4.79 Å². The van der Waals surface area contributed by atoms with Crippen LogP contribution in [0.3, 0.4) is 0 Å². The van der Waals surface area contributed by atoms with Crippen molar-refractivity contribution in [3.63, 3.8) is 0 Å². The van der Waals surface area contributed by atoms with Crippen LogP contribution in [-0.4, -0.2) is 32.4 Å². The number of hydrogen-bond acceptors (Lipinski definition) is 6. The van der Waals surface area contributed by atoms with Gasteiger partial charge in [0.05, 0.1) is 27.0 Å². The maximum atomic E-state index is 12.0. The van der Waals surface area contributed by atoms with E-state index >= 15 is 0 Å². The Bertz CT molecular complexity index is 639. The van der Waals surface area contributed by atoms with Crippen LogP contribution in [0.4, 0.5) is 5.69 Å². The Kier molecular flexibility index (Phi) is 5.24. The molecule has 0 bridgehead atoms. The number of ether oxygens (including phenoxy) is 3. The Morgan fingerprint density at radius 2 is 2.00 bits per heavy atom. The van der Waals surface area contributed by atoms with Crippen molar-refractivity contribution in [3.8, 4) is 17.4 Å². The summed E-state index contributed by atoms with van der Waals surface area (Å²) in [5, 5.41) is 6.47. The minimum Gasteiger partial charge on any atom is -0.497 e. The Hall–Kier alpha value is -2.70. The summed E-state index contributed by atoms with van der Waals surface area (Å²) in [5.41, 5.74) is 0.557. The van der Waals surface area contributed by atoms with Crippen LogP contribution >= 0.6 is 0 Å². The smallest absolute Gasteiger partial charge is 0.254 e. The van der Waals surface area contributed by atoms with Crippen molar-refractivity contribution in [1.82, 2.24) is 5.16 Å². The van der Waals surface area contributed by atoms with E-state index in [0.29, 0.717) is 35.2 Å². The van der Waals surface area contributed by atoms with Crippen molar-refractivity contribution in [2.45, 2.75) is 12.8 Å². The number of rotatable bonds is 7. The molecular weight excluding hydrogens is 288 g/mol. The van der Waals surface area contributed by atoms with E-state index in [1.165, 1.54) is 14.2 Å². The quantitative estimate of drug-likeness (QED) is 0.845. The van der Waals surface area contributed by atoms with Crippen LogP contribution in [-0.2, 0) is 11.2 Å². The summed E-state index contributed by atoms with van der Waals surface area (Å²) in [6, 6.07) is 6.85. The van der Waals surface area contributed by atoms with Crippen LogP contribution in [0.25, 0.3) is 0 Å². The molecule has 0 atom stereocenters. The average Bonchev–Trinajstić information content (AvgIpc) is 3.01. The van der Waals surface area contributed by atoms with Crippen LogP contribution < -0.4 is 19.5 Å². The highest BCUT2D eigenvalue weighted by Crippen LogP contribution is 2.29. The van der Waals surface area contributed by atoms with Gasteiger partial charge in [-0.25, -0.2) is 0 Å². The summed E-state index contributed by atoms with van der Waals surface area (Å²) < 4.78 is 20.3. The van der Waals surface area contributed by atoms with Crippen molar-refractivity contribution in [2.75, 3.05) is 26.6 Å². The number of anilines is 1. The van der Waals surface area contributed by atoms with Crippen LogP contribution in [0.15, 0.2) is 28.8 Å². The monoisotopic (exact) mass is 306 g/mol. The maximum absolute atomic E-state index is 12.0. The first kappa shape index (κ1) is 15.7. The van der Waals surface area contributed by atoms with Gasteiger partial charge in [-0.05, 0) is 17.3 Å². The van der Waals surface area contributed by atoms with Gasteiger partial charge in [0.15, 0.2) is 0 Å². The molecule has 1 heterocycles. The van der Waals surface area contributed by atoms with Crippen LogP contribution in [0.2, 0.25) is 0 Å². The lowest BCUT2D eigenvalue weighted by Crippen LogP contribution is -2.13. The molecule has 0 radical (unpaired) electrons. The van der Waals surface area contributed by atoms with Crippen molar-refractivity contribution < 1.29 is 23.5 Å². The second-order valence-electron chi connectivity index (χ2n) is 4.45. The molecule has 0 aliphatic carbocycles. The molecule has 7 nitrogen and oxygen atoms in total.